The zero-order chi connectivity index (χ0) is 36.0. The number of sulfonamides is 1. The summed E-state index contributed by atoms with van der Waals surface area (Å²) in [6.07, 6.45) is 3.68. The van der Waals surface area contributed by atoms with E-state index >= 15 is 4.39 Å². The highest BCUT2D eigenvalue weighted by Gasteiger charge is 2.39. The third-order valence-corrected chi connectivity index (χ3v) is 10.6. The van der Waals surface area contributed by atoms with E-state index in [1.165, 1.54) is 11.1 Å². The van der Waals surface area contributed by atoms with Crippen molar-refractivity contribution in [3.63, 3.8) is 0 Å². The Morgan fingerprint density at radius 1 is 1.02 bits per heavy atom. The summed E-state index contributed by atoms with van der Waals surface area (Å²) in [5.74, 6) is -4.72. The maximum Gasteiger partial charge on any atom is 0.255 e. The van der Waals surface area contributed by atoms with Gasteiger partial charge in [0.25, 0.3) is 5.91 Å². The monoisotopic (exact) mass is 709 g/mol. The van der Waals surface area contributed by atoms with Crippen LogP contribution in [0.4, 0.5) is 14.5 Å². The Bertz CT molecular complexity index is 2380. The van der Waals surface area contributed by atoms with Crippen LogP contribution in [0.15, 0.2) is 73.1 Å². The number of rotatable bonds is 10. The van der Waals surface area contributed by atoms with Gasteiger partial charge in [0.2, 0.25) is 27.6 Å². The predicted octanol–water partition coefficient (Wildman–Crippen LogP) is 3.04. The van der Waals surface area contributed by atoms with Crippen molar-refractivity contribution in [2.75, 3.05) is 10.5 Å². The van der Waals surface area contributed by atoms with Crippen molar-refractivity contribution in [3.05, 3.63) is 107 Å². The molecule has 0 saturated carbocycles. The van der Waals surface area contributed by atoms with Gasteiger partial charge in [-0.05, 0) is 42.2 Å². The predicted molar refractivity (Wildman–Crippen MR) is 188 cm³/mol. The van der Waals surface area contributed by atoms with Crippen molar-refractivity contribution >= 4 is 68.5 Å². The second-order valence-corrected chi connectivity index (χ2v) is 14.5. The molecule has 0 aliphatic carbocycles. The van der Waals surface area contributed by atoms with E-state index in [0.29, 0.717) is 42.4 Å². The number of nitrogens with one attached hydrogen (secondary N) is 3. The Labute approximate surface area is 291 Å². The van der Waals surface area contributed by atoms with Crippen LogP contribution in [-0.2, 0) is 26.2 Å². The first-order chi connectivity index (χ1) is 24.4. The number of hydrogen-bond acceptors (Lipinski definition) is 7. The first kappa shape index (κ1) is 33.8. The number of aromatic amines is 1. The molecule has 1 unspecified atom stereocenters. The number of H-pyrrole nitrogens is 1. The van der Waals surface area contributed by atoms with Gasteiger partial charge >= 0.3 is 0 Å². The molecule has 3 aromatic carbocycles. The first-order valence-electron chi connectivity index (χ1n) is 16.3. The van der Waals surface area contributed by atoms with E-state index in [0.717, 1.165) is 34.2 Å². The van der Waals surface area contributed by atoms with Crippen molar-refractivity contribution in [2.24, 2.45) is 0 Å². The van der Waals surface area contributed by atoms with Gasteiger partial charge in [-0.2, -0.15) is 0 Å². The van der Waals surface area contributed by atoms with Crippen LogP contribution in [0.25, 0.3) is 22.2 Å². The van der Waals surface area contributed by atoms with Gasteiger partial charge < -0.3 is 9.88 Å². The van der Waals surface area contributed by atoms with Gasteiger partial charge in [-0.3, -0.25) is 29.2 Å². The minimum atomic E-state index is -3.90. The number of aromatic nitrogens is 2. The zero-order valence-corrected chi connectivity index (χ0v) is 28.1. The average Bonchev–Trinajstić information content (AvgIpc) is 3.67. The lowest BCUT2D eigenvalue weighted by Crippen LogP contribution is -2.52. The van der Waals surface area contributed by atoms with Gasteiger partial charge in [-0.15, -0.1) is 0 Å². The van der Waals surface area contributed by atoms with Crippen molar-refractivity contribution in [1.29, 1.82) is 0 Å². The Morgan fingerprint density at radius 3 is 2.53 bits per heavy atom. The third kappa shape index (κ3) is 6.52. The molecule has 5 aromatic rings. The molecule has 0 bridgehead atoms. The molecule has 1 atom stereocenters. The highest BCUT2D eigenvalue weighted by Crippen LogP contribution is 2.30. The second-order valence-electron chi connectivity index (χ2n) is 12.6. The number of fused-ring (bicyclic) bond motifs is 2. The second kappa shape index (κ2) is 13.2. The highest BCUT2D eigenvalue weighted by atomic mass is 32.2. The van der Waals surface area contributed by atoms with Crippen LogP contribution < -0.4 is 21.0 Å². The average molecular weight is 710 g/mol. The number of imide groups is 1. The number of carbonyl (C=O) groups excluding carboxylic acids is 4. The van der Waals surface area contributed by atoms with Crippen molar-refractivity contribution in [1.82, 2.24) is 20.2 Å². The fourth-order valence-corrected chi connectivity index (χ4v) is 7.71. The zero-order valence-electron chi connectivity index (χ0n) is 27.3. The molecule has 2 aromatic heterocycles. The lowest BCUT2D eigenvalue weighted by atomic mass is 9.63. The van der Waals surface area contributed by atoms with E-state index in [4.69, 9.17) is 0 Å². The minimum Gasteiger partial charge on any atom is -0.345 e. The molecule has 2 aliphatic rings. The van der Waals surface area contributed by atoms with Crippen LogP contribution in [0.1, 0.15) is 58.0 Å². The number of benzene rings is 3. The number of amides is 3. The SMILES string of the molecule is CCCS(=O)(=O)Nc1ccc(F)c(C(=O)c2c[nH]c3ncc(-c4ccc(Bc5ccc6c(c5)C(=O)N(C5CCC(=O)NC5=O)C6)cc4)cc23)c1F. The number of halogens is 2. The summed E-state index contributed by atoms with van der Waals surface area (Å²) in [6, 6.07) is 16.0. The van der Waals surface area contributed by atoms with Crippen molar-refractivity contribution < 1.29 is 36.4 Å². The molecular formula is C36H30BF2N5O6S. The van der Waals surface area contributed by atoms with Crippen molar-refractivity contribution in [2.45, 2.75) is 38.8 Å². The van der Waals surface area contributed by atoms with Gasteiger partial charge in [-0.1, -0.05) is 60.3 Å². The summed E-state index contributed by atoms with van der Waals surface area (Å²) in [4.78, 5) is 59.5. The van der Waals surface area contributed by atoms with Crippen LogP contribution in [0.3, 0.4) is 0 Å². The van der Waals surface area contributed by atoms with Gasteiger partial charge in [0.1, 0.15) is 17.5 Å². The lowest BCUT2D eigenvalue weighted by molar-refractivity contribution is -0.136. The van der Waals surface area contributed by atoms with Gasteiger partial charge in [0, 0.05) is 47.4 Å². The number of pyridine rings is 1. The highest BCUT2D eigenvalue weighted by molar-refractivity contribution is 7.92. The van der Waals surface area contributed by atoms with Crippen LogP contribution in [-0.4, -0.2) is 65.9 Å². The van der Waals surface area contributed by atoms with Gasteiger partial charge in [-0.25, -0.2) is 22.2 Å². The van der Waals surface area contributed by atoms with Crippen LogP contribution >= 0.6 is 0 Å². The van der Waals surface area contributed by atoms with Crippen molar-refractivity contribution in [3.8, 4) is 11.1 Å². The number of nitrogens with zero attached hydrogens (tertiary/aromatic N) is 2. The van der Waals surface area contributed by atoms with E-state index in [-0.39, 0.29) is 36.0 Å². The van der Waals surface area contributed by atoms with Crippen LogP contribution in [0, 0.1) is 11.6 Å². The summed E-state index contributed by atoms with van der Waals surface area (Å²) >= 11 is 0. The van der Waals surface area contributed by atoms with Gasteiger partial charge in [0.05, 0.1) is 17.0 Å². The molecule has 7 rings (SSSR count). The Balaban J connectivity index is 1.09. The molecule has 258 valence electrons. The summed E-state index contributed by atoms with van der Waals surface area (Å²) in [6.45, 7) is 1.95. The maximum atomic E-state index is 15.4. The number of ketones is 1. The first-order valence-corrected chi connectivity index (χ1v) is 17.9. The third-order valence-electron chi connectivity index (χ3n) is 9.12. The Kier molecular flexibility index (Phi) is 8.75. The summed E-state index contributed by atoms with van der Waals surface area (Å²) in [5, 5.41) is 2.64. The molecular weight excluding hydrogens is 679 g/mol. The van der Waals surface area contributed by atoms with Crippen LogP contribution in [0.2, 0.25) is 0 Å². The quantitative estimate of drug-likeness (QED) is 0.114. The number of carbonyl (C=O) groups is 4. The summed E-state index contributed by atoms with van der Waals surface area (Å²) in [7, 11) is -3.37. The Morgan fingerprint density at radius 2 is 1.78 bits per heavy atom. The maximum absolute atomic E-state index is 15.4. The molecule has 51 heavy (non-hydrogen) atoms. The fourth-order valence-electron chi connectivity index (χ4n) is 6.57. The van der Waals surface area contributed by atoms with Gasteiger partial charge in [0.15, 0.2) is 13.1 Å². The van der Waals surface area contributed by atoms with E-state index in [1.54, 1.807) is 19.2 Å². The Hall–Kier alpha value is -5.70. The lowest BCUT2D eigenvalue weighted by Gasteiger charge is -2.29. The molecule has 4 heterocycles. The molecule has 3 amide bonds. The smallest absolute Gasteiger partial charge is 0.255 e. The molecule has 0 radical (unpaired) electrons. The summed E-state index contributed by atoms with van der Waals surface area (Å²) < 4.78 is 56.9. The molecule has 0 spiro atoms. The number of piperidine rings is 1. The fraction of sp³-hybridized carbons (Fsp3) is 0.194. The molecule has 11 nitrogen and oxygen atoms in total. The number of anilines is 1. The molecule has 1 saturated heterocycles. The largest absolute Gasteiger partial charge is 0.345 e. The normalized spacial score (nSPS) is 15.9. The summed E-state index contributed by atoms with van der Waals surface area (Å²) in [5.41, 5.74) is 3.50. The molecule has 1 fully saturated rings. The topological polar surface area (TPSA) is 158 Å². The van der Waals surface area contributed by atoms with E-state index in [9.17, 15) is 32.0 Å². The van der Waals surface area contributed by atoms with Crippen LogP contribution in [0.5, 0.6) is 0 Å². The van der Waals surface area contributed by atoms with E-state index < -0.39 is 50.6 Å². The standard InChI is InChI=1S/C36H30BF2N5O6S/c1-2-13-51(49,50)43-28-10-9-27(38)31(32(28)39)33(46)26-17-41-34-25(26)14-21(16-40-34)19-3-6-22(7-4-19)37-23-8-5-20-18-44(36(48)24(20)15-23)29-11-12-30(45)42-35(29)47/h3-10,14-17,29,37,43H,2,11-13,18H2,1H3,(H,40,41)(H,42,45,47). The minimum absolute atomic E-state index is 0.0373. The molecule has 15 heteroatoms. The van der Waals surface area contributed by atoms with E-state index in [1.807, 2.05) is 42.5 Å². The number of hydrogen-bond donors (Lipinski definition) is 3. The molecule has 2 aliphatic heterocycles. The molecule has 3 N–H and O–H groups in total. The van der Waals surface area contributed by atoms with E-state index in [2.05, 4.69) is 20.0 Å².